The number of hydrogen-bond donors (Lipinski definition) is 1. The molecule has 102 valence electrons. The minimum absolute atomic E-state index is 0.582. The number of nitrogens with zero attached hydrogens (tertiary/aromatic N) is 5. The van der Waals surface area contributed by atoms with E-state index in [2.05, 4.69) is 27.2 Å². The first-order chi connectivity index (χ1) is 9.28. The molecule has 0 saturated heterocycles. The van der Waals surface area contributed by atoms with Gasteiger partial charge < -0.3 is 10.6 Å². The lowest BCUT2D eigenvalue weighted by molar-refractivity contribution is 0.326. The molecule has 2 rings (SSSR count). The molecule has 0 fully saturated rings. The van der Waals surface area contributed by atoms with Crippen molar-refractivity contribution in [3.05, 3.63) is 42.0 Å². The monoisotopic (exact) mass is 260 g/mol. The van der Waals surface area contributed by atoms with Crippen LogP contribution in [0.3, 0.4) is 0 Å². The highest BCUT2D eigenvalue weighted by atomic mass is 15.4. The molecule has 0 unspecified atom stereocenters. The zero-order valence-corrected chi connectivity index (χ0v) is 11.2. The summed E-state index contributed by atoms with van der Waals surface area (Å²) in [5, 5.41) is 8.15. The summed E-state index contributed by atoms with van der Waals surface area (Å²) >= 11 is 0. The largest absolute Gasteiger partial charge is 0.329 e. The number of aromatic nitrogens is 4. The molecule has 0 saturated carbocycles. The molecule has 0 atom stereocenters. The predicted octanol–water partition coefficient (Wildman–Crippen LogP) is 0.306. The van der Waals surface area contributed by atoms with Gasteiger partial charge in [-0.2, -0.15) is 0 Å². The Balaban J connectivity index is 1.78. The zero-order valence-electron chi connectivity index (χ0n) is 11.2. The van der Waals surface area contributed by atoms with E-state index in [1.165, 1.54) is 0 Å². The van der Waals surface area contributed by atoms with Gasteiger partial charge in [-0.15, -0.1) is 5.10 Å². The van der Waals surface area contributed by atoms with Gasteiger partial charge in [0.2, 0.25) is 0 Å². The summed E-state index contributed by atoms with van der Waals surface area (Å²) in [6, 6.07) is 6.00. The van der Waals surface area contributed by atoms with E-state index in [1.54, 1.807) is 4.68 Å². The van der Waals surface area contributed by atoms with Crippen LogP contribution >= 0.6 is 0 Å². The molecular weight excluding hydrogens is 240 g/mol. The van der Waals surface area contributed by atoms with Crippen LogP contribution in [0.15, 0.2) is 30.6 Å². The van der Waals surface area contributed by atoms with Crippen LogP contribution in [-0.4, -0.2) is 45.0 Å². The number of rotatable bonds is 7. The van der Waals surface area contributed by atoms with E-state index < -0.39 is 0 Å². The number of hydrogen-bond acceptors (Lipinski definition) is 5. The van der Waals surface area contributed by atoms with Gasteiger partial charge in [-0.1, -0.05) is 11.3 Å². The first kappa shape index (κ1) is 13.6. The van der Waals surface area contributed by atoms with Crippen molar-refractivity contribution < 1.29 is 0 Å². The van der Waals surface area contributed by atoms with Crippen LogP contribution in [0.1, 0.15) is 11.4 Å². The standard InChI is InChI=1S/C13H20N6/c1-18(8-5-12-4-2-3-7-15-12)10-13-11-19(9-6-14)17-16-13/h2-4,7,11H,5-6,8-10,14H2,1H3. The van der Waals surface area contributed by atoms with E-state index in [0.717, 1.165) is 30.9 Å². The van der Waals surface area contributed by atoms with Gasteiger partial charge in [0.1, 0.15) is 0 Å². The van der Waals surface area contributed by atoms with Gasteiger partial charge in [-0.25, -0.2) is 0 Å². The first-order valence-electron chi connectivity index (χ1n) is 6.45. The molecule has 6 heteroatoms. The average molecular weight is 260 g/mol. The normalized spacial score (nSPS) is 11.1. The van der Waals surface area contributed by atoms with Crippen molar-refractivity contribution in [1.29, 1.82) is 0 Å². The van der Waals surface area contributed by atoms with Crippen molar-refractivity contribution in [3.63, 3.8) is 0 Å². The van der Waals surface area contributed by atoms with Gasteiger partial charge in [0.25, 0.3) is 0 Å². The maximum absolute atomic E-state index is 5.48. The lowest BCUT2D eigenvalue weighted by Gasteiger charge is -2.14. The third kappa shape index (κ3) is 4.42. The third-order valence-electron chi connectivity index (χ3n) is 2.85. The Labute approximate surface area is 113 Å². The number of likely N-dealkylation sites (N-methyl/N-ethyl adjacent to an activating group) is 1. The highest BCUT2D eigenvalue weighted by Crippen LogP contribution is 2.01. The van der Waals surface area contributed by atoms with E-state index in [0.29, 0.717) is 13.1 Å². The van der Waals surface area contributed by atoms with Crippen LogP contribution in [0.25, 0.3) is 0 Å². The Kier molecular flexibility index (Phi) is 5.00. The van der Waals surface area contributed by atoms with Crippen molar-refractivity contribution in [2.75, 3.05) is 20.1 Å². The van der Waals surface area contributed by atoms with Gasteiger partial charge in [-0.3, -0.25) is 9.67 Å². The molecule has 0 bridgehead atoms. The van der Waals surface area contributed by atoms with Gasteiger partial charge in [-0.05, 0) is 19.2 Å². The Bertz CT molecular complexity index is 481. The third-order valence-corrected chi connectivity index (χ3v) is 2.85. The molecule has 2 aromatic rings. The fourth-order valence-electron chi connectivity index (χ4n) is 1.86. The van der Waals surface area contributed by atoms with Gasteiger partial charge >= 0.3 is 0 Å². The quantitative estimate of drug-likeness (QED) is 0.775. The highest BCUT2D eigenvalue weighted by Gasteiger charge is 2.05. The molecule has 2 N–H and O–H groups in total. The molecule has 0 aliphatic carbocycles. The minimum atomic E-state index is 0.582. The van der Waals surface area contributed by atoms with Crippen LogP contribution in [-0.2, 0) is 19.5 Å². The van der Waals surface area contributed by atoms with Crippen molar-refractivity contribution >= 4 is 0 Å². The van der Waals surface area contributed by atoms with Crippen LogP contribution in [0.4, 0.5) is 0 Å². The molecule has 0 aliphatic heterocycles. The lowest BCUT2D eigenvalue weighted by atomic mass is 10.2. The second-order valence-electron chi connectivity index (χ2n) is 4.57. The van der Waals surface area contributed by atoms with Crippen LogP contribution in [0, 0.1) is 0 Å². The average Bonchev–Trinajstić information content (AvgIpc) is 2.85. The molecule has 0 spiro atoms. The fraction of sp³-hybridized carbons (Fsp3) is 0.462. The van der Waals surface area contributed by atoms with E-state index in [9.17, 15) is 0 Å². The van der Waals surface area contributed by atoms with Gasteiger partial charge in [0, 0.05) is 44.1 Å². The molecule has 19 heavy (non-hydrogen) atoms. The number of pyridine rings is 1. The summed E-state index contributed by atoms with van der Waals surface area (Å²) in [4.78, 5) is 6.53. The summed E-state index contributed by atoms with van der Waals surface area (Å²) in [6.07, 6.45) is 4.71. The first-order valence-corrected chi connectivity index (χ1v) is 6.45. The maximum atomic E-state index is 5.48. The van der Waals surface area contributed by atoms with E-state index in [1.807, 2.05) is 30.6 Å². The minimum Gasteiger partial charge on any atom is -0.329 e. The second-order valence-corrected chi connectivity index (χ2v) is 4.57. The fourth-order valence-corrected chi connectivity index (χ4v) is 1.86. The Hall–Kier alpha value is -1.79. The zero-order chi connectivity index (χ0) is 13.5. The molecule has 0 radical (unpaired) electrons. The van der Waals surface area contributed by atoms with Crippen LogP contribution < -0.4 is 5.73 Å². The van der Waals surface area contributed by atoms with Crippen molar-refractivity contribution in [1.82, 2.24) is 24.9 Å². The number of nitrogens with two attached hydrogens (primary N) is 1. The van der Waals surface area contributed by atoms with Gasteiger partial charge in [0.05, 0.1) is 12.2 Å². The molecule has 0 aromatic carbocycles. The molecule has 6 nitrogen and oxygen atoms in total. The summed E-state index contributed by atoms with van der Waals surface area (Å²) in [6.45, 7) is 3.03. The van der Waals surface area contributed by atoms with Crippen molar-refractivity contribution in [2.24, 2.45) is 5.73 Å². The summed E-state index contributed by atoms with van der Waals surface area (Å²) in [5.41, 5.74) is 7.56. The SMILES string of the molecule is CN(CCc1ccccn1)Cc1cn(CCN)nn1. The summed E-state index contributed by atoms with van der Waals surface area (Å²) < 4.78 is 1.78. The van der Waals surface area contributed by atoms with Crippen molar-refractivity contribution in [2.45, 2.75) is 19.5 Å². The Morgan fingerprint density at radius 1 is 1.32 bits per heavy atom. The maximum Gasteiger partial charge on any atom is 0.0967 e. The predicted molar refractivity (Wildman–Crippen MR) is 73.4 cm³/mol. The smallest absolute Gasteiger partial charge is 0.0967 e. The highest BCUT2D eigenvalue weighted by molar-refractivity contribution is 5.03. The lowest BCUT2D eigenvalue weighted by Crippen LogP contribution is -2.21. The molecule has 0 aliphatic rings. The summed E-state index contributed by atoms with van der Waals surface area (Å²) in [7, 11) is 2.07. The van der Waals surface area contributed by atoms with Crippen LogP contribution in [0.5, 0.6) is 0 Å². The van der Waals surface area contributed by atoms with Crippen LogP contribution in [0.2, 0.25) is 0 Å². The topological polar surface area (TPSA) is 72.9 Å². The summed E-state index contributed by atoms with van der Waals surface area (Å²) in [5.74, 6) is 0. The van der Waals surface area contributed by atoms with E-state index in [-0.39, 0.29) is 0 Å². The van der Waals surface area contributed by atoms with Gasteiger partial charge in [0.15, 0.2) is 0 Å². The Morgan fingerprint density at radius 2 is 2.21 bits per heavy atom. The molecule has 2 heterocycles. The van der Waals surface area contributed by atoms with E-state index >= 15 is 0 Å². The molecular formula is C13H20N6. The Morgan fingerprint density at radius 3 is 2.95 bits per heavy atom. The molecule has 0 amide bonds. The molecule has 2 aromatic heterocycles. The van der Waals surface area contributed by atoms with Crippen molar-refractivity contribution in [3.8, 4) is 0 Å². The second kappa shape index (κ2) is 6.96. The van der Waals surface area contributed by atoms with E-state index in [4.69, 9.17) is 5.73 Å².